The fourth-order valence-electron chi connectivity index (χ4n) is 12.1. The van der Waals surface area contributed by atoms with E-state index in [0.717, 1.165) is 5.69 Å². The largest absolute Gasteiger partial charge is 0.310 e. The molecule has 0 fully saturated rings. The second-order valence-electron chi connectivity index (χ2n) is 18.0. The number of rotatable bonds is 2. The van der Waals surface area contributed by atoms with Crippen LogP contribution >= 0.6 is 11.8 Å². The van der Waals surface area contributed by atoms with Crippen molar-refractivity contribution >= 4 is 69.0 Å². The summed E-state index contributed by atoms with van der Waals surface area (Å²) in [5.41, 5.74) is 22.0. The Morgan fingerprint density at radius 3 is 1.31 bits per heavy atom. The van der Waals surface area contributed by atoms with E-state index in [9.17, 15) is 0 Å². The molecule has 0 N–H and O–H groups in total. The van der Waals surface area contributed by atoms with Gasteiger partial charge in [0, 0.05) is 32.0 Å². The van der Waals surface area contributed by atoms with Crippen molar-refractivity contribution in [2.75, 3.05) is 9.80 Å². The van der Waals surface area contributed by atoms with E-state index in [1.165, 1.54) is 93.7 Å². The van der Waals surface area contributed by atoms with Crippen molar-refractivity contribution in [2.24, 2.45) is 0 Å². The predicted molar refractivity (Wildman–Crippen MR) is 247 cm³/mol. The van der Waals surface area contributed by atoms with E-state index in [2.05, 4.69) is 213 Å². The topological polar surface area (TPSA) is 6.48 Å². The molecule has 5 heterocycles. The van der Waals surface area contributed by atoms with Gasteiger partial charge in [-0.15, -0.1) is 0 Å². The van der Waals surface area contributed by atoms with Crippen LogP contribution in [0.25, 0.3) is 0 Å². The van der Waals surface area contributed by atoms with E-state index in [1.54, 1.807) is 5.46 Å². The molecule has 0 atom stereocenters. The summed E-state index contributed by atoms with van der Waals surface area (Å²) in [5.74, 6) is 0. The van der Waals surface area contributed by atoms with Gasteiger partial charge in [0.15, 0.2) is 0 Å². The molecule has 0 amide bonds. The minimum atomic E-state index is -0.557. The third kappa shape index (κ3) is 4.06. The second-order valence-corrected chi connectivity index (χ2v) is 19.1. The lowest BCUT2D eigenvalue weighted by atomic mass is 9.27. The van der Waals surface area contributed by atoms with Crippen LogP contribution in [0.15, 0.2) is 186 Å². The fourth-order valence-corrected chi connectivity index (χ4v) is 13.4. The van der Waals surface area contributed by atoms with E-state index >= 15 is 0 Å². The number of anilines is 6. The summed E-state index contributed by atoms with van der Waals surface area (Å²) in [7, 11) is 0. The first kappa shape index (κ1) is 33.7. The second kappa shape index (κ2) is 11.5. The Bertz CT molecular complexity index is 3030. The van der Waals surface area contributed by atoms with Crippen LogP contribution in [-0.4, -0.2) is 6.71 Å². The average Bonchev–Trinajstić information content (AvgIpc) is 3.27. The summed E-state index contributed by atoms with van der Waals surface area (Å²) in [5, 5.41) is 0. The van der Waals surface area contributed by atoms with Crippen LogP contribution in [0.3, 0.4) is 0 Å². The Kier molecular flexibility index (Phi) is 6.57. The Morgan fingerprint density at radius 2 is 0.763 bits per heavy atom. The SMILES string of the molecule is CC1(C)c2cccc3c2B2c4c(cc(N5c6ccccc6C6(c7ccccc7N(c7ccccc7)c7ccccc76)c6ccccc65)cc4C(C)(C)c4cccc1c42)S3. The van der Waals surface area contributed by atoms with Gasteiger partial charge in [-0.1, -0.05) is 177 Å². The maximum Gasteiger partial charge on any atom is 0.245 e. The zero-order valence-corrected chi connectivity index (χ0v) is 34.4. The van der Waals surface area contributed by atoms with Gasteiger partial charge in [0.2, 0.25) is 6.71 Å². The summed E-state index contributed by atoms with van der Waals surface area (Å²) < 4.78 is 0. The Morgan fingerprint density at radius 1 is 0.356 bits per heavy atom. The van der Waals surface area contributed by atoms with Crippen molar-refractivity contribution in [1.29, 1.82) is 0 Å². The Balaban J connectivity index is 1.09. The highest BCUT2D eigenvalue weighted by Crippen LogP contribution is 2.64. The normalized spacial score (nSPS) is 17.1. The number of nitrogens with zero attached hydrogens (tertiary/aromatic N) is 2. The minimum absolute atomic E-state index is 0.0650. The standard InChI is InChI=1S/C55H41BN2S/c1-53(2)40-24-16-25-41-50(40)56-51-42(53)26-17-31-48(51)59-49-33-35(32-43(52(49)56)54(41,3)4)58-46-29-14-10-22-38(46)55(39-23-11-15-30-47(39)58)36-20-8-12-27-44(36)57(34-18-6-5-7-19-34)45-28-13-9-21-37(45)55/h5-33H,1-4H3. The van der Waals surface area contributed by atoms with E-state index < -0.39 is 5.41 Å². The Hall–Kier alpha value is -6.23. The molecule has 4 heteroatoms. The third-order valence-corrected chi connectivity index (χ3v) is 15.7. The van der Waals surface area contributed by atoms with E-state index in [-0.39, 0.29) is 17.5 Å². The fraction of sp³-hybridized carbons (Fsp3) is 0.127. The van der Waals surface area contributed by atoms with Gasteiger partial charge >= 0.3 is 0 Å². The van der Waals surface area contributed by atoms with Crippen LogP contribution in [0, 0.1) is 0 Å². The number of hydrogen-bond acceptors (Lipinski definition) is 3. The first-order chi connectivity index (χ1) is 28.8. The zero-order chi connectivity index (χ0) is 39.4. The van der Waals surface area contributed by atoms with Crippen molar-refractivity contribution in [1.82, 2.24) is 0 Å². The van der Waals surface area contributed by atoms with Crippen molar-refractivity contribution in [3.8, 4) is 0 Å². The summed E-state index contributed by atoms with van der Waals surface area (Å²) >= 11 is 1.98. The van der Waals surface area contributed by atoms with Crippen molar-refractivity contribution in [2.45, 2.75) is 53.7 Å². The summed E-state index contributed by atoms with van der Waals surface area (Å²) in [6, 6.07) is 66.8. The molecule has 5 aliphatic rings. The van der Waals surface area contributed by atoms with Crippen LogP contribution in [-0.2, 0) is 16.2 Å². The zero-order valence-electron chi connectivity index (χ0n) is 33.6. The molecule has 0 bridgehead atoms. The van der Waals surface area contributed by atoms with Gasteiger partial charge in [-0.2, -0.15) is 0 Å². The first-order valence-corrected chi connectivity index (χ1v) is 21.8. The highest BCUT2D eigenvalue weighted by molar-refractivity contribution is 8.00. The first-order valence-electron chi connectivity index (χ1n) is 21.0. The van der Waals surface area contributed by atoms with Crippen molar-refractivity contribution < 1.29 is 0 Å². The van der Waals surface area contributed by atoms with Gasteiger partial charge in [0.25, 0.3) is 0 Å². The highest BCUT2D eigenvalue weighted by atomic mass is 32.2. The lowest BCUT2D eigenvalue weighted by Crippen LogP contribution is -2.68. The number of para-hydroxylation sites is 5. The minimum Gasteiger partial charge on any atom is -0.310 e. The molecule has 0 radical (unpaired) electrons. The van der Waals surface area contributed by atoms with Gasteiger partial charge in [-0.25, -0.2) is 0 Å². The molecule has 0 saturated heterocycles. The molecule has 0 aromatic heterocycles. The van der Waals surface area contributed by atoms with E-state index in [1.807, 2.05) is 11.8 Å². The van der Waals surface area contributed by atoms with Crippen LogP contribution in [0.2, 0.25) is 0 Å². The monoisotopic (exact) mass is 772 g/mol. The van der Waals surface area contributed by atoms with Crippen LogP contribution in [0.5, 0.6) is 0 Å². The van der Waals surface area contributed by atoms with Gasteiger partial charge in [0.1, 0.15) is 0 Å². The lowest BCUT2D eigenvalue weighted by molar-refractivity contribution is 0.619. The average molecular weight is 773 g/mol. The number of hydrogen-bond donors (Lipinski definition) is 0. The number of benzene rings is 8. The van der Waals surface area contributed by atoms with Crippen LogP contribution in [0.1, 0.15) is 72.2 Å². The molecular formula is C55H41BN2S. The molecule has 13 rings (SSSR count). The van der Waals surface area contributed by atoms with Gasteiger partial charge in [-0.05, 0) is 99.1 Å². The van der Waals surface area contributed by atoms with Crippen LogP contribution in [0.4, 0.5) is 34.1 Å². The number of fused-ring (bicyclic) bond motifs is 8. The summed E-state index contributed by atoms with van der Waals surface area (Å²) in [6.45, 7) is 10.0. The molecule has 8 aromatic rings. The van der Waals surface area contributed by atoms with Crippen molar-refractivity contribution in [3.05, 3.63) is 220 Å². The van der Waals surface area contributed by atoms with Crippen LogP contribution < -0.4 is 26.2 Å². The smallest absolute Gasteiger partial charge is 0.245 e. The van der Waals surface area contributed by atoms with Gasteiger partial charge in [-0.3, -0.25) is 0 Å². The maximum atomic E-state index is 2.58. The molecule has 59 heavy (non-hydrogen) atoms. The third-order valence-electron chi connectivity index (χ3n) is 14.5. The quantitative estimate of drug-likeness (QED) is 0.162. The molecule has 0 unspecified atom stereocenters. The van der Waals surface area contributed by atoms with Gasteiger partial charge in [0.05, 0.1) is 28.2 Å². The molecular weight excluding hydrogens is 731 g/mol. The molecule has 280 valence electrons. The maximum absolute atomic E-state index is 2.58. The molecule has 2 nitrogen and oxygen atoms in total. The molecule has 1 spiro atoms. The molecule has 5 aliphatic heterocycles. The summed E-state index contributed by atoms with van der Waals surface area (Å²) in [6.07, 6.45) is 0. The predicted octanol–water partition coefficient (Wildman–Crippen LogP) is 11.9. The molecule has 8 aromatic carbocycles. The molecule has 0 saturated carbocycles. The lowest BCUT2D eigenvalue weighted by Gasteiger charge is -2.52. The Labute approximate surface area is 351 Å². The highest BCUT2D eigenvalue weighted by Gasteiger charge is 2.54. The van der Waals surface area contributed by atoms with Crippen molar-refractivity contribution in [3.63, 3.8) is 0 Å². The molecule has 0 aliphatic carbocycles. The van der Waals surface area contributed by atoms with E-state index in [0.29, 0.717) is 0 Å². The van der Waals surface area contributed by atoms with Gasteiger partial charge < -0.3 is 9.80 Å². The summed E-state index contributed by atoms with van der Waals surface area (Å²) in [4.78, 5) is 7.82. The van der Waals surface area contributed by atoms with E-state index in [4.69, 9.17) is 0 Å².